The topological polar surface area (TPSA) is 118 Å². The maximum atomic E-state index is 13.0. The first-order valence-electron chi connectivity index (χ1n) is 10.1. The number of carbonyl (C=O) groups is 1. The fourth-order valence-electron chi connectivity index (χ4n) is 3.00. The zero-order valence-electron chi connectivity index (χ0n) is 18.2. The summed E-state index contributed by atoms with van der Waals surface area (Å²) in [6, 6.07) is 10.9. The van der Waals surface area contributed by atoms with Gasteiger partial charge in [0.15, 0.2) is 16.6 Å². The van der Waals surface area contributed by atoms with Crippen LogP contribution in [0.25, 0.3) is 0 Å². The number of rotatable bonds is 8. The average molecular weight is 511 g/mol. The summed E-state index contributed by atoms with van der Waals surface area (Å²) in [5.74, 6) is 0.853. The number of fused-ring (bicyclic) bond motifs is 1. The number of ether oxygens (including phenoxy) is 2. The molecule has 0 aromatic heterocycles. The zero-order chi connectivity index (χ0) is 23.8. The number of hydrazine groups is 1. The molecule has 0 aliphatic carbocycles. The molecule has 2 aromatic rings. The monoisotopic (exact) mass is 510 g/mol. The van der Waals surface area contributed by atoms with Crippen LogP contribution in [0, 0.1) is 6.92 Å². The molecule has 0 saturated carbocycles. The standard InChI is InChI=1S/C21H26N4O5S3/c1-14-5-3-4-6-16(14)22-21(31)24-23-20(26)17(9-12-32-2)25-33(27,28)15-7-8-18-19(13-15)30-11-10-29-18/h3-8,13,17,25H,9-12H2,1-2H3,(H,23,26)(H2,22,24,31). The highest BCUT2D eigenvalue weighted by Crippen LogP contribution is 2.32. The third-order valence-corrected chi connectivity index (χ3v) is 7.06. The Bertz CT molecular complexity index is 1110. The number of hydrogen-bond acceptors (Lipinski definition) is 7. The van der Waals surface area contributed by atoms with E-state index in [1.54, 1.807) is 0 Å². The van der Waals surface area contributed by atoms with Gasteiger partial charge in [-0.25, -0.2) is 8.42 Å². The molecule has 1 aliphatic heterocycles. The molecule has 1 atom stereocenters. The summed E-state index contributed by atoms with van der Waals surface area (Å²) in [5, 5.41) is 3.16. The Morgan fingerprint density at radius 2 is 1.85 bits per heavy atom. The third kappa shape index (κ3) is 6.97. The Kier molecular flexibility index (Phi) is 8.78. The first kappa shape index (κ1) is 25.1. The Morgan fingerprint density at radius 1 is 1.12 bits per heavy atom. The molecule has 1 aliphatic rings. The molecule has 2 aromatic carbocycles. The fraction of sp³-hybridized carbons (Fsp3) is 0.333. The van der Waals surface area contributed by atoms with Crippen molar-refractivity contribution >= 4 is 50.7 Å². The molecule has 0 fully saturated rings. The number of anilines is 1. The van der Waals surface area contributed by atoms with Gasteiger partial charge in [0.25, 0.3) is 5.91 Å². The molecule has 4 N–H and O–H groups in total. The van der Waals surface area contributed by atoms with Gasteiger partial charge in [-0.2, -0.15) is 16.5 Å². The fourth-order valence-corrected chi connectivity index (χ4v) is 4.87. The molecule has 0 bridgehead atoms. The SMILES string of the molecule is CSCCC(NS(=O)(=O)c1ccc2c(c1)OCCO2)C(=O)NNC(=S)Nc1ccccc1C. The van der Waals surface area contributed by atoms with Crippen molar-refractivity contribution in [2.75, 3.05) is 30.5 Å². The molecule has 1 heterocycles. The van der Waals surface area contributed by atoms with Crippen molar-refractivity contribution in [2.24, 2.45) is 0 Å². The molecule has 1 unspecified atom stereocenters. The molecule has 3 rings (SSSR count). The van der Waals surface area contributed by atoms with Crippen LogP contribution in [-0.2, 0) is 14.8 Å². The molecule has 0 radical (unpaired) electrons. The summed E-state index contributed by atoms with van der Waals surface area (Å²) in [7, 11) is -3.99. The maximum Gasteiger partial charge on any atom is 0.256 e. The molecule has 0 spiro atoms. The quantitative estimate of drug-likeness (QED) is 0.313. The molecule has 0 saturated heterocycles. The van der Waals surface area contributed by atoms with Crippen molar-refractivity contribution in [2.45, 2.75) is 24.3 Å². The smallest absolute Gasteiger partial charge is 0.256 e. The summed E-state index contributed by atoms with van der Waals surface area (Å²) in [6.07, 6.45) is 2.17. The van der Waals surface area contributed by atoms with E-state index in [0.29, 0.717) is 30.5 Å². The van der Waals surface area contributed by atoms with E-state index in [9.17, 15) is 13.2 Å². The van der Waals surface area contributed by atoms with Gasteiger partial charge in [0, 0.05) is 11.8 Å². The normalized spacial score (nSPS) is 13.6. The van der Waals surface area contributed by atoms with E-state index in [1.165, 1.54) is 30.0 Å². The second-order valence-corrected chi connectivity index (χ2v) is 10.3. The number of thiocarbonyl (C=S) groups is 1. The van der Waals surface area contributed by atoms with Crippen molar-refractivity contribution in [3.05, 3.63) is 48.0 Å². The highest BCUT2D eigenvalue weighted by atomic mass is 32.2. The summed E-state index contributed by atoms with van der Waals surface area (Å²) in [6.45, 7) is 2.67. The number of thioether (sulfide) groups is 1. The van der Waals surface area contributed by atoms with Gasteiger partial charge in [0.1, 0.15) is 19.3 Å². The van der Waals surface area contributed by atoms with E-state index in [2.05, 4.69) is 20.9 Å². The number of aryl methyl sites for hydroxylation is 1. The first-order chi connectivity index (χ1) is 15.8. The third-order valence-electron chi connectivity index (χ3n) is 4.74. The summed E-state index contributed by atoms with van der Waals surface area (Å²) in [4.78, 5) is 12.8. The van der Waals surface area contributed by atoms with Crippen LogP contribution in [0.1, 0.15) is 12.0 Å². The minimum absolute atomic E-state index is 0.0154. The van der Waals surface area contributed by atoms with Crippen LogP contribution in [0.15, 0.2) is 47.4 Å². The van der Waals surface area contributed by atoms with Crippen LogP contribution in [0.2, 0.25) is 0 Å². The van der Waals surface area contributed by atoms with Gasteiger partial charge in [-0.3, -0.25) is 15.6 Å². The summed E-state index contributed by atoms with van der Waals surface area (Å²) < 4.78 is 39.3. The van der Waals surface area contributed by atoms with Crippen molar-refractivity contribution in [1.82, 2.24) is 15.6 Å². The van der Waals surface area contributed by atoms with Gasteiger partial charge >= 0.3 is 0 Å². The number of nitrogens with one attached hydrogen (secondary N) is 4. The van der Waals surface area contributed by atoms with E-state index in [1.807, 2.05) is 37.4 Å². The predicted molar refractivity (Wildman–Crippen MR) is 133 cm³/mol. The van der Waals surface area contributed by atoms with Gasteiger partial charge < -0.3 is 14.8 Å². The van der Waals surface area contributed by atoms with E-state index < -0.39 is 22.0 Å². The lowest BCUT2D eigenvalue weighted by Gasteiger charge is -2.21. The minimum Gasteiger partial charge on any atom is -0.486 e. The molecule has 9 nitrogen and oxygen atoms in total. The van der Waals surface area contributed by atoms with Crippen LogP contribution < -0.4 is 30.4 Å². The number of carbonyl (C=O) groups excluding carboxylic acids is 1. The largest absolute Gasteiger partial charge is 0.486 e. The summed E-state index contributed by atoms with van der Waals surface area (Å²) in [5.41, 5.74) is 6.88. The zero-order valence-corrected chi connectivity index (χ0v) is 20.7. The van der Waals surface area contributed by atoms with Crippen LogP contribution in [0.4, 0.5) is 5.69 Å². The van der Waals surface area contributed by atoms with E-state index >= 15 is 0 Å². The number of benzene rings is 2. The maximum absolute atomic E-state index is 13.0. The van der Waals surface area contributed by atoms with Gasteiger partial charge in [-0.05, 0) is 61.3 Å². The highest BCUT2D eigenvalue weighted by molar-refractivity contribution is 7.98. The van der Waals surface area contributed by atoms with E-state index in [4.69, 9.17) is 21.7 Å². The van der Waals surface area contributed by atoms with Crippen LogP contribution in [0.5, 0.6) is 11.5 Å². The van der Waals surface area contributed by atoms with Crippen molar-refractivity contribution in [1.29, 1.82) is 0 Å². The molecule has 12 heteroatoms. The Morgan fingerprint density at radius 3 is 2.58 bits per heavy atom. The minimum atomic E-state index is -3.99. The highest BCUT2D eigenvalue weighted by Gasteiger charge is 2.27. The van der Waals surface area contributed by atoms with Crippen LogP contribution in [-0.4, -0.2) is 50.7 Å². The van der Waals surface area contributed by atoms with Crippen molar-refractivity contribution in [3.8, 4) is 11.5 Å². The lowest BCUT2D eigenvalue weighted by Crippen LogP contribution is -2.53. The van der Waals surface area contributed by atoms with Gasteiger partial charge in [0.2, 0.25) is 10.0 Å². The molecule has 178 valence electrons. The Labute approximate surface area is 203 Å². The second kappa shape index (κ2) is 11.5. The van der Waals surface area contributed by atoms with Gasteiger partial charge in [-0.15, -0.1) is 0 Å². The number of hydrogen-bond donors (Lipinski definition) is 4. The number of amides is 1. The lowest BCUT2D eigenvalue weighted by atomic mass is 10.2. The lowest BCUT2D eigenvalue weighted by molar-refractivity contribution is -0.123. The molecule has 1 amide bonds. The van der Waals surface area contributed by atoms with Crippen LogP contribution in [0.3, 0.4) is 0 Å². The first-order valence-corrected chi connectivity index (χ1v) is 13.4. The summed E-state index contributed by atoms with van der Waals surface area (Å²) >= 11 is 6.73. The Hall–Kier alpha value is -2.54. The van der Waals surface area contributed by atoms with E-state index in [0.717, 1.165) is 11.3 Å². The number of para-hydroxylation sites is 1. The number of sulfonamides is 1. The average Bonchev–Trinajstić information content (AvgIpc) is 2.81. The second-order valence-electron chi connectivity index (χ2n) is 7.14. The van der Waals surface area contributed by atoms with Gasteiger partial charge in [-0.1, -0.05) is 18.2 Å². The van der Waals surface area contributed by atoms with Crippen LogP contribution >= 0.6 is 24.0 Å². The predicted octanol–water partition coefficient (Wildman–Crippen LogP) is 2.18. The molecule has 33 heavy (non-hydrogen) atoms. The van der Waals surface area contributed by atoms with Crippen molar-refractivity contribution < 1.29 is 22.7 Å². The van der Waals surface area contributed by atoms with Gasteiger partial charge in [0.05, 0.1) is 4.90 Å². The Balaban J connectivity index is 1.65. The molecular weight excluding hydrogens is 484 g/mol. The van der Waals surface area contributed by atoms with E-state index in [-0.39, 0.29) is 16.4 Å². The molecular formula is C21H26N4O5S3. The van der Waals surface area contributed by atoms with Crippen molar-refractivity contribution in [3.63, 3.8) is 0 Å².